The summed E-state index contributed by atoms with van der Waals surface area (Å²) < 4.78 is 53.6. The maximum absolute atomic E-state index is 12.2. The maximum Gasteiger partial charge on any atom is 0.245 e. The summed E-state index contributed by atoms with van der Waals surface area (Å²) in [5.74, 6) is -0.145. The molecule has 142 valence electrons. The number of nitrogens with zero attached hydrogens (tertiary/aromatic N) is 2. The molecule has 12 heteroatoms. The van der Waals surface area contributed by atoms with Crippen LogP contribution in [-0.2, 0) is 31.4 Å². The van der Waals surface area contributed by atoms with Gasteiger partial charge in [0.15, 0.2) is 0 Å². The van der Waals surface area contributed by atoms with Crippen molar-refractivity contribution < 1.29 is 21.6 Å². The molecule has 0 saturated carbocycles. The Hall–Kier alpha value is -2.28. The van der Waals surface area contributed by atoms with Gasteiger partial charge in [-0.1, -0.05) is 6.07 Å². The van der Waals surface area contributed by atoms with Gasteiger partial charge in [-0.15, -0.1) is 0 Å². The number of hydrogen-bond acceptors (Lipinski definition) is 6. The summed E-state index contributed by atoms with van der Waals surface area (Å²) in [5.41, 5.74) is 0.716. The minimum absolute atomic E-state index is 0.291. The minimum Gasteiger partial charge on any atom is -0.342 e. The first-order valence-corrected chi connectivity index (χ1v) is 10.4. The number of aromatic nitrogens is 2. The fourth-order valence-corrected chi connectivity index (χ4v) is 4.42. The maximum atomic E-state index is 12.2. The van der Waals surface area contributed by atoms with Gasteiger partial charge in [-0.05, 0) is 33.2 Å². The predicted molar refractivity (Wildman–Crippen MR) is 94.5 cm³/mol. The van der Waals surface area contributed by atoms with Crippen LogP contribution >= 0.6 is 0 Å². The molecule has 0 radical (unpaired) electrons. The normalized spacial score (nSPS) is 12.1. The van der Waals surface area contributed by atoms with Crippen LogP contribution in [0.3, 0.4) is 0 Å². The van der Waals surface area contributed by atoms with Crippen LogP contribution < -0.4 is 14.8 Å². The van der Waals surface area contributed by atoms with Crippen LogP contribution in [-0.4, -0.2) is 46.4 Å². The van der Waals surface area contributed by atoms with E-state index >= 15 is 0 Å². The Kier molecular flexibility index (Phi) is 5.81. The van der Waals surface area contributed by atoms with Crippen LogP contribution in [0.25, 0.3) is 0 Å². The minimum atomic E-state index is -4.04. The SMILES string of the molecule is CNS(=O)(=O)c1cn(CC(=O)Nc2cccc(C)n2)cc1S(=O)(=O)NC. The number of pyridine rings is 1. The van der Waals surface area contributed by atoms with Crippen molar-refractivity contribution in [1.82, 2.24) is 19.0 Å². The topological polar surface area (TPSA) is 139 Å². The molecule has 3 N–H and O–H groups in total. The molecule has 0 aromatic carbocycles. The van der Waals surface area contributed by atoms with Crippen molar-refractivity contribution in [2.75, 3.05) is 19.4 Å². The average molecular weight is 401 g/mol. The summed E-state index contributed by atoms with van der Waals surface area (Å²) in [6.45, 7) is 1.48. The van der Waals surface area contributed by atoms with Crippen molar-refractivity contribution in [3.05, 3.63) is 36.3 Å². The Bertz CT molecular complexity index is 976. The van der Waals surface area contributed by atoms with Crippen molar-refractivity contribution in [3.63, 3.8) is 0 Å². The Morgan fingerprint density at radius 1 is 1.04 bits per heavy atom. The van der Waals surface area contributed by atoms with Gasteiger partial charge in [0.2, 0.25) is 26.0 Å². The van der Waals surface area contributed by atoms with Gasteiger partial charge in [-0.2, -0.15) is 0 Å². The number of carbonyl (C=O) groups excluding carboxylic acids is 1. The number of amides is 1. The van der Waals surface area contributed by atoms with Gasteiger partial charge in [0.25, 0.3) is 0 Å². The van der Waals surface area contributed by atoms with E-state index in [1.807, 2.05) is 0 Å². The molecule has 0 fully saturated rings. The molecule has 2 aromatic rings. The highest BCUT2D eigenvalue weighted by molar-refractivity contribution is 7.92. The standard InChI is InChI=1S/C14H19N5O5S2/c1-10-5-4-6-13(17-10)18-14(20)9-19-7-11(25(21,22)15-2)12(8-19)26(23,24)16-3/h4-8,15-16H,9H2,1-3H3,(H,17,18,20). The summed E-state index contributed by atoms with van der Waals surface area (Å²) in [6.07, 6.45) is 2.17. The highest BCUT2D eigenvalue weighted by atomic mass is 32.2. The van der Waals surface area contributed by atoms with Gasteiger partial charge in [-0.25, -0.2) is 31.3 Å². The molecule has 2 heterocycles. The van der Waals surface area contributed by atoms with E-state index in [9.17, 15) is 21.6 Å². The van der Waals surface area contributed by atoms with Gasteiger partial charge in [0, 0.05) is 18.1 Å². The number of nitrogens with one attached hydrogen (secondary N) is 3. The monoisotopic (exact) mass is 401 g/mol. The molecule has 1 amide bonds. The summed E-state index contributed by atoms with van der Waals surface area (Å²) in [6, 6.07) is 5.10. The number of carbonyl (C=O) groups is 1. The molecule has 0 aliphatic rings. The van der Waals surface area contributed by atoms with Gasteiger partial charge in [0.05, 0.1) is 0 Å². The first-order chi connectivity index (χ1) is 12.1. The molecule has 26 heavy (non-hydrogen) atoms. The molecular formula is C14H19N5O5S2. The van der Waals surface area contributed by atoms with E-state index in [2.05, 4.69) is 19.7 Å². The number of sulfonamides is 2. The molecule has 0 spiro atoms. The molecular weight excluding hydrogens is 382 g/mol. The molecule has 10 nitrogen and oxygen atoms in total. The van der Waals surface area contributed by atoms with Gasteiger partial charge < -0.3 is 9.88 Å². The lowest BCUT2D eigenvalue weighted by molar-refractivity contribution is -0.116. The van der Waals surface area contributed by atoms with E-state index in [0.29, 0.717) is 11.5 Å². The van der Waals surface area contributed by atoms with Crippen molar-refractivity contribution in [2.45, 2.75) is 23.3 Å². The lowest BCUT2D eigenvalue weighted by Crippen LogP contribution is -2.24. The Morgan fingerprint density at radius 2 is 1.58 bits per heavy atom. The van der Waals surface area contributed by atoms with E-state index in [-0.39, 0.29) is 6.54 Å². The Balaban J connectivity index is 2.33. The molecule has 0 atom stereocenters. The van der Waals surface area contributed by atoms with E-state index in [1.54, 1.807) is 25.1 Å². The predicted octanol–water partition coefficient (Wildman–Crippen LogP) is -0.354. The van der Waals surface area contributed by atoms with Crippen LogP contribution in [0.15, 0.2) is 40.4 Å². The molecule has 0 bridgehead atoms. The quantitative estimate of drug-likeness (QED) is 0.579. The second kappa shape index (κ2) is 7.53. The zero-order chi connectivity index (χ0) is 19.5. The zero-order valence-electron chi connectivity index (χ0n) is 14.3. The van der Waals surface area contributed by atoms with Crippen LogP contribution in [0.1, 0.15) is 5.69 Å². The Labute approximate surface area is 151 Å². The van der Waals surface area contributed by atoms with Crippen molar-refractivity contribution in [1.29, 1.82) is 0 Å². The number of anilines is 1. The third kappa shape index (κ3) is 4.46. The lowest BCUT2D eigenvalue weighted by atomic mass is 10.4. The fourth-order valence-electron chi connectivity index (χ4n) is 2.14. The van der Waals surface area contributed by atoms with Gasteiger partial charge in [-0.3, -0.25) is 4.79 Å². The summed E-state index contributed by atoms with van der Waals surface area (Å²) in [5, 5.41) is 2.56. The molecule has 0 saturated heterocycles. The smallest absolute Gasteiger partial charge is 0.245 e. The second-order valence-corrected chi connectivity index (χ2v) is 9.00. The van der Waals surface area contributed by atoms with Gasteiger partial charge in [0.1, 0.15) is 22.2 Å². The third-order valence-electron chi connectivity index (χ3n) is 3.41. The Morgan fingerprint density at radius 3 is 2.04 bits per heavy atom. The lowest BCUT2D eigenvalue weighted by Gasteiger charge is -2.05. The molecule has 0 aliphatic heterocycles. The highest BCUT2D eigenvalue weighted by Gasteiger charge is 2.27. The fraction of sp³-hybridized carbons (Fsp3) is 0.286. The summed E-state index contributed by atoms with van der Waals surface area (Å²) in [7, 11) is -5.74. The van der Waals surface area contributed by atoms with Crippen molar-refractivity contribution in [2.24, 2.45) is 0 Å². The molecule has 0 unspecified atom stereocenters. The zero-order valence-corrected chi connectivity index (χ0v) is 16.0. The second-order valence-electron chi connectivity index (χ2n) is 5.29. The van der Waals surface area contributed by atoms with E-state index in [0.717, 1.165) is 12.4 Å². The van der Waals surface area contributed by atoms with Crippen molar-refractivity contribution >= 4 is 31.8 Å². The number of hydrogen-bond donors (Lipinski definition) is 3. The third-order valence-corrected chi connectivity index (χ3v) is 6.42. The van der Waals surface area contributed by atoms with Gasteiger partial charge >= 0.3 is 0 Å². The van der Waals surface area contributed by atoms with Crippen LogP contribution in [0.4, 0.5) is 5.82 Å². The van der Waals surface area contributed by atoms with E-state index in [4.69, 9.17) is 0 Å². The first kappa shape index (κ1) is 20.0. The molecule has 2 aromatic heterocycles. The van der Waals surface area contributed by atoms with Crippen molar-refractivity contribution in [3.8, 4) is 0 Å². The van der Waals surface area contributed by atoms with Crippen LogP contribution in [0.5, 0.6) is 0 Å². The summed E-state index contributed by atoms with van der Waals surface area (Å²) >= 11 is 0. The van der Waals surface area contributed by atoms with Crippen LogP contribution in [0.2, 0.25) is 0 Å². The molecule has 0 aliphatic carbocycles. The summed E-state index contributed by atoms with van der Waals surface area (Å²) in [4.78, 5) is 15.4. The first-order valence-electron chi connectivity index (χ1n) is 7.39. The average Bonchev–Trinajstić information content (AvgIpc) is 3.00. The highest BCUT2D eigenvalue weighted by Crippen LogP contribution is 2.22. The molecule has 2 rings (SSSR count). The van der Waals surface area contributed by atoms with E-state index < -0.39 is 35.7 Å². The van der Waals surface area contributed by atoms with Crippen LogP contribution in [0, 0.1) is 6.92 Å². The number of aryl methyl sites for hydroxylation is 1. The van der Waals surface area contributed by atoms with E-state index in [1.165, 1.54) is 18.7 Å². The number of rotatable bonds is 7. The largest absolute Gasteiger partial charge is 0.342 e.